The van der Waals surface area contributed by atoms with Crippen LogP contribution in [0.1, 0.15) is 59.8 Å². The van der Waals surface area contributed by atoms with Crippen LogP contribution in [0.3, 0.4) is 0 Å². The van der Waals surface area contributed by atoms with Crippen molar-refractivity contribution in [1.82, 2.24) is 31.5 Å². The van der Waals surface area contributed by atoms with Crippen LogP contribution in [0.4, 0.5) is 0 Å². The van der Waals surface area contributed by atoms with Crippen LogP contribution in [0.15, 0.2) is 0 Å². The van der Waals surface area contributed by atoms with Crippen LogP contribution in [0.25, 0.3) is 0 Å². The van der Waals surface area contributed by atoms with Gasteiger partial charge < -0.3 is 57.6 Å². The summed E-state index contributed by atoms with van der Waals surface area (Å²) in [6, 6.07) is -8.03. The van der Waals surface area contributed by atoms with Crippen molar-refractivity contribution >= 4 is 59.1 Å². The van der Waals surface area contributed by atoms with E-state index < -0.39 is 115 Å². The summed E-state index contributed by atoms with van der Waals surface area (Å²) in [6.45, 7) is 5.31. The molecule has 1 aliphatic heterocycles. The maximum absolute atomic E-state index is 13.5. The largest absolute Gasteiger partial charge is 0.481 e. The van der Waals surface area contributed by atoms with Gasteiger partial charge in [-0.15, -0.1) is 0 Å². The van der Waals surface area contributed by atoms with E-state index in [0.29, 0.717) is 18.6 Å². The number of likely N-dealkylation sites (tertiary alicyclic amines) is 1. The second-order valence-corrected chi connectivity index (χ2v) is 13.2. The highest BCUT2D eigenvalue weighted by atomic mass is 32.2. The van der Waals surface area contributed by atoms with E-state index in [1.165, 1.54) is 25.6 Å². The molecule has 0 aromatic rings. The second kappa shape index (κ2) is 21.3. The van der Waals surface area contributed by atoms with E-state index in [9.17, 15) is 48.6 Å². The lowest BCUT2D eigenvalue weighted by Crippen LogP contribution is -2.61. The van der Waals surface area contributed by atoms with E-state index in [1.807, 2.05) is 0 Å². The van der Waals surface area contributed by atoms with E-state index in [0.717, 1.165) is 4.90 Å². The Hall–Kier alpha value is -4.01. The van der Waals surface area contributed by atoms with Gasteiger partial charge in [0, 0.05) is 6.54 Å². The molecule has 0 radical (unpaired) electrons. The van der Waals surface area contributed by atoms with Crippen molar-refractivity contribution in [3.63, 3.8) is 0 Å². The third-order valence-electron chi connectivity index (χ3n) is 8.14. The zero-order valence-electron chi connectivity index (χ0n) is 28.8. The van der Waals surface area contributed by atoms with E-state index >= 15 is 0 Å². The molecule has 19 nitrogen and oxygen atoms in total. The molecular formula is C30H51N7O12S. The van der Waals surface area contributed by atoms with Crippen molar-refractivity contribution in [2.75, 3.05) is 25.1 Å². The quantitative estimate of drug-likeness (QED) is 0.0547. The normalized spacial score (nSPS) is 19.0. The van der Waals surface area contributed by atoms with Crippen LogP contribution in [0.5, 0.6) is 0 Å². The highest BCUT2D eigenvalue weighted by Gasteiger charge is 2.41. The number of rotatable bonds is 21. The van der Waals surface area contributed by atoms with Gasteiger partial charge in [0.25, 0.3) is 0 Å². The summed E-state index contributed by atoms with van der Waals surface area (Å²) in [5.41, 5.74) is 5.59. The van der Waals surface area contributed by atoms with Crippen molar-refractivity contribution in [2.45, 2.75) is 108 Å². The Kier molecular flexibility index (Phi) is 18.7. The lowest BCUT2D eigenvalue weighted by molar-refractivity contribution is -0.145. The molecule has 284 valence electrons. The number of carboxylic acid groups (broad SMARTS) is 2. The molecule has 20 heteroatoms. The Labute approximate surface area is 294 Å². The number of aliphatic hydroxyl groups excluding tert-OH is 2. The lowest BCUT2D eigenvalue weighted by Gasteiger charge is -2.31. The Balaban J connectivity index is 3.08. The summed E-state index contributed by atoms with van der Waals surface area (Å²) in [5, 5.41) is 49.9. The van der Waals surface area contributed by atoms with E-state index in [1.54, 1.807) is 20.1 Å². The van der Waals surface area contributed by atoms with Gasteiger partial charge in [0.2, 0.25) is 35.4 Å². The molecule has 0 aromatic heterocycles. The first-order valence-electron chi connectivity index (χ1n) is 16.2. The minimum atomic E-state index is -1.60. The maximum atomic E-state index is 13.5. The monoisotopic (exact) mass is 733 g/mol. The van der Waals surface area contributed by atoms with Gasteiger partial charge in [-0.05, 0) is 51.0 Å². The van der Waals surface area contributed by atoms with Crippen molar-refractivity contribution < 1.29 is 58.8 Å². The number of hydrogen-bond acceptors (Lipinski definition) is 12. The van der Waals surface area contributed by atoms with E-state index in [-0.39, 0.29) is 19.4 Å². The molecule has 0 spiro atoms. The molecule has 9 atom stereocenters. The van der Waals surface area contributed by atoms with Crippen molar-refractivity contribution in [3.05, 3.63) is 0 Å². The molecule has 0 bridgehead atoms. The summed E-state index contributed by atoms with van der Waals surface area (Å²) >= 11 is 1.39. The summed E-state index contributed by atoms with van der Waals surface area (Å²) in [6.07, 6.45) is -0.612. The summed E-state index contributed by atoms with van der Waals surface area (Å²) in [4.78, 5) is 102. The molecule has 1 rings (SSSR count). The average molecular weight is 734 g/mol. The standard InChI is InChI=1S/C30H51N7O12S/c1-6-14(2)22(28(46)32-13-20(40)34-24(16(4)39)30(48)49)35-26(44)18(9-11-50-5)33-27(45)19-8-7-10-37(19)29(47)23(15(3)38)36-25(43)17(31)12-21(41)42/h14-19,22-24,38-39H,6-13,31H2,1-5H3,(H,32,46)(H,33,45)(H,34,40)(H,35,44)(H,36,43)(H,41,42)(H,48,49)/t14-,15+,16+,17-,18-,19-,22-,23?,24-/m0/s1. The van der Waals surface area contributed by atoms with Gasteiger partial charge in [-0.1, -0.05) is 20.3 Å². The third-order valence-corrected chi connectivity index (χ3v) is 8.78. The molecule has 0 saturated carbocycles. The number of carbonyl (C=O) groups excluding carboxylic acids is 6. The zero-order chi connectivity index (χ0) is 38.3. The number of amides is 6. The highest BCUT2D eigenvalue weighted by Crippen LogP contribution is 2.20. The summed E-state index contributed by atoms with van der Waals surface area (Å²) < 4.78 is 0. The predicted octanol–water partition coefficient (Wildman–Crippen LogP) is -3.52. The van der Waals surface area contributed by atoms with Crippen molar-refractivity contribution in [3.8, 4) is 0 Å². The number of carbonyl (C=O) groups is 8. The summed E-state index contributed by atoms with van der Waals surface area (Å²) in [5.74, 6) is -7.66. The smallest absolute Gasteiger partial charge is 0.328 e. The maximum Gasteiger partial charge on any atom is 0.328 e. The molecule has 1 fully saturated rings. The molecule has 1 heterocycles. The first kappa shape index (κ1) is 44.0. The number of nitrogens with zero attached hydrogens (tertiary/aromatic N) is 1. The Bertz CT molecular complexity index is 1240. The molecule has 0 aliphatic carbocycles. The number of aliphatic hydroxyl groups is 2. The van der Waals surface area contributed by atoms with E-state index in [4.69, 9.17) is 15.9 Å². The minimum Gasteiger partial charge on any atom is -0.481 e. The number of thioether (sulfide) groups is 1. The number of nitrogens with two attached hydrogens (primary N) is 1. The predicted molar refractivity (Wildman–Crippen MR) is 179 cm³/mol. The van der Waals surface area contributed by atoms with Gasteiger partial charge in [0.1, 0.15) is 24.2 Å². The first-order valence-corrected chi connectivity index (χ1v) is 17.6. The van der Waals surface area contributed by atoms with Gasteiger partial charge >= 0.3 is 11.9 Å². The van der Waals surface area contributed by atoms with Crippen LogP contribution in [-0.4, -0.2) is 146 Å². The van der Waals surface area contributed by atoms with Crippen LogP contribution < -0.4 is 32.3 Å². The first-order chi connectivity index (χ1) is 23.4. The molecular weight excluding hydrogens is 682 g/mol. The fraction of sp³-hybridized carbons (Fsp3) is 0.733. The number of nitrogens with one attached hydrogen (secondary N) is 5. The topological polar surface area (TPSA) is 307 Å². The fourth-order valence-electron chi connectivity index (χ4n) is 5.03. The van der Waals surface area contributed by atoms with Crippen LogP contribution >= 0.6 is 11.8 Å². The fourth-order valence-corrected chi connectivity index (χ4v) is 5.50. The van der Waals surface area contributed by atoms with Crippen LogP contribution in [-0.2, 0) is 38.4 Å². The van der Waals surface area contributed by atoms with Crippen molar-refractivity contribution in [1.29, 1.82) is 0 Å². The Morgan fingerprint density at radius 2 is 1.46 bits per heavy atom. The SMILES string of the molecule is CC[C@H](C)[C@H](NC(=O)[C@H](CCSC)NC(=O)[C@@H]1CCCN1C(=O)C(NC(=O)[C@@H](N)CC(=O)O)[C@@H](C)O)C(=O)NCC(=O)N[C@H](C(=O)O)[C@@H](C)O. The lowest BCUT2D eigenvalue weighted by atomic mass is 9.97. The van der Waals surface area contributed by atoms with E-state index in [2.05, 4.69) is 26.6 Å². The molecule has 1 aliphatic rings. The zero-order valence-corrected chi connectivity index (χ0v) is 29.7. The molecule has 0 aromatic carbocycles. The Morgan fingerprint density at radius 1 is 0.860 bits per heavy atom. The molecule has 11 N–H and O–H groups in total. The Morgan fingerprint density at radius 3 is 1.98 bits per heavy atom. The van der Waals surface area contributed by atoms with Crippen molar-refractivity contribution in [2.24, 2.45) is 11.7 Å². The van der Waals surface area contributed by atoms with Gasteiger partial charge in [-0.25, -0.2) is 4.79 Å². The average Bonchev–Trinajstić information content (AvgIpc) is 3.54. The van der Waals surface area contributed by atoms with Gasteiger partial charge in [-0.3, -0.25) is 33.6 Å². The van der Waals surface area contributed by atoms with Gasteiger partial charge in [0.05, 0.1) is 31.2 Å². The number of carboxylic acids is 2. The van der Waals surface area contributed by atoms with Crippen LogP contribution in [0.2, 0.25) is 0 Å². The van der Waals surface area contributed by atoms with Crippen LogP contribution in [0, 0.1) is 5.92 Å². The molecule has 1 unspecified atom stereocenters. The number of hydrogen-bond donors (Lipinski definition) is 10. The number of aliphatic carboxylic acids is 2. The minimum absolute atomic E-state index is 0.0904. The summed E-state index contributed by atoms with van der Waals surface area (Å²) in [7, 11) is 0. The van der Waals surface area contributed by atoms with Gasteiger partial charge in [-0.2, -0.15) is 11.8 Å². The molecule has 50 heavy (non-hydrogen) atoms. The van der Waals surface area contributed by atoms with Gasteiger partial charge in [0.15, 0.2) is 6.04 Å². The third kappa shape index (κ3) is 13.7. The molecule has 1 saturated heterocycles. The highest BCUT2D eigenvalue weighted by molar-refractivity contribution is 7.98. The molecule has 6 amide bonds. The second-order valence-electron chi connectivity index (χ2n) is 12.2.